The number of benzene rings is 1. The van der Waals surface area contributed by atoms with Crippen molar-refractivity contribution in [1.29, 1.82) is 0 Å². The number of aliphatic carboxylic acids is 1. The van der Waals surface area contributed by atoms with Crippen molar-refractivity contribution in [3.05, 3.63) is 41.6 Å². The van der Waals surface area contributed by atoms with Gasteiger partial charge in [-0.2, -0.15) is 0 Å². The second-order valence-corrected chi connectivity index (χ2v) is 5.50. The van der Waals surface area contributed by atoms with Gasteiger partial charge in [0.15, 0.2) is 6.04 Å². The van der Waals surface area contributed by atoms with E-state index < -0.39 is 24.0 Å². The zero-order valence-corrected chi connectivity index (χ0v) is 13.6. The molecule has 0 saturated carbocycles. The van der Waals surface area contributed by atoms with Crippen LogP contribution in [0.2, 0.25) is 0 Å². The lowest BCUT2D eigenvalue weighted by molar-refractivity contribution is -0.143. The number of methoxy groups -OCH3 is 1. The molecule has 2 rings (SSSR count). The smallest absolute Gasteiger partial charge is 0.328 e. The van der Waals surface area contributed by atoms with Crippen LogP contribution < -0.4 is 5.32 Å². The summed E-state index contributed by atoms with van der Waals surface area (Å²) in [4.78, 5) is 36.7. The van der Waals surface area contributed by atoms with Crippen molar-refractivity contribution in [1.82, 2.24) is 10.2 Å². The first kappa shape index (κ1) is 17.7. The summed E-state index contributed by atoms with van der Waals surface area (Å²) >= 11 is 0. The Kier molecular flexibility index (Phi) is 5.70. The van der Waals surface area contributed by atoms with Crippen molar-refractivity contribution in [3.63, 3.8) is 0 Å². The van der Waals surface area contributed by atoms with E-state index in [0.29, 0.717) is 0 Å². The normalized spacial score (nSPS) is 17.1. The van der Waals surface area contributed by atoms with Crippen LogP contribution in [0.1, 0.15) is 30.5 Å². The fourth-order valence-corrected chi connectivity index (χ4v) is 2.68. The van der Waals surface area contributed by atoms with Crippen LogP contribution in [0.15, 0.2) is 30.5 Å². The van der Waals surface area contributed by atoms with Gasteiger partial charge in [0.2, 0.25) is 11.8 Å². The first-order chi connectivity index (χ1) is 11.4. The van der Waals surface area contributed by atoms with E-state index in [2.05, 4.69) is 5.32 Å². The summed E-state index contributed by atoms with van der Waals surface area (Å²) in [6, 6.07) is 5.88. The number of rotatable bonds is 6. The quantitative estimate of drug-likeness (QED) is 0.815. The number of amides is 2. The van der Waals surface area contributed by atoms with Gasteiger partial charge in [-0.1, -0.05) is 24.3 Å². The first-order valence-corrected chi connectivity index (χ1v) is 7.51. The average molecular weight is 332 g/mol. The Hall–Kier alpha value is -2.67. The van der Waals surface area contributed by atoms with E-state index in [-0.39, 0.29) is 18.9 Å². The molecule has 0 spiro atoms. The molecule has 2 amide bonds. The second-order valence-electron chi connectivity index (χ2n) is 5.50. The minimum absolute atomic E-state index is 0.0333. The van der Waals surface area contributed by atoms with Crippen LogP contribution in [-0.2, 0) is 19.1 Å². The number of fused-ring (bicyclic) bond motifs is 1. The van der Waals surface area contributed by atoms with E-state index in [4.69, 9.17) is 9.84 Å². The van der Waals surface area contributed by atoms with Crippen molar-refractivity contribution in [2.45, 2.75) is 25.4 Å². The number of carboxylic acid groups (broad SMARTS) is 1. The van der Waals surface area contributed by atoms with Gasteiger partial charge in [-0.25, -0.2) is 4.79 Å². The van der Waals surface area contributed by atoms with Crippen molar-refractivity contribution in [2.24, 2.45) is 0 Å². The molecule has 0 bridgehead atoms. The molecule has 1 heterocycles. The van der Waals surface area contributed by atoms with Gasteiger partial charge in [0.25, 0.3) is 0 Å². The summed E-state index contributed by atoms with van der Waals surface area (Å²) in [7, 11) is 1.36. The molecule has 2 N–H and O–H groups in total. The van der Waals surface area contributed by atoms with Crippen molar-refractivity contribution < 1.29 is 24.2 Å². The van der Waals surface area contributed by atoms with Crippen molar-refractivity contribution >= 4 is 23.9 Å². The SMILES string of the molecule is COCC(NC(=O)CC1c2ccccc2C=CN1C(C)=O)C(=O)O. The molecule has 0 saturated heterocycles. The maximum atomic E-state index is 12.3. The highest BCUT2D eigenvalue weighted by molar-refractivity contribution is 5.85. The van der Waals surface area contributed by atoms with E-state index in [9.17, 15) is 14.4 Å². The van der Waals surface area contributed by atoms with Crippen LogP contribution in [-0.4, -0.2) is 47.5 Å². The van der Waals surface area contributed by atoms with Crippen LogP contribution in [0.25, 0.3) is 6.08 Å². The molecule has 1 aliphatic rings. The van der Waals surface area contributed by atoms with Gasteiger partial charge in [-0.3, -0.25) is 9.59 Å². The molecule has 128 valence electrons. The van der Waals surface area contributed by atoms with E-state index >= 15 is 0 Å². The van der Waals surface area contributed by atoms with Gasteiger partial charge in [-0.05, 0) is 17.2 Å². The lowest BCUT2D eigenvalue weighted by Gasteiger charge is -2.32. The number of carbonyl (C=O) groups is 3. The molecule has 0 fully saturated rings. The maximum absolute atomic E-state index is 12.3. The molecule has 1 aromatic carbocycles. The molecular weight excluding hydrogens is 312 g/mol. The number of ether oxygens (including phenoxy) is 1. The van der Waals surface area contributed by atoms with E-state index in [1.165, 1.54) is 18.9 Å². The van der Waals surface area contributed by atoms with Crippen molar-refractivity contribution in [3.8, 4) is 0 Å². The summed E-state index contributed by atoms with van der Waals surface area (Å²) in [5.74, 6) is -1.82. The lowest BCUT2D eigenvalue weighted by atomic mass is 9.93. The molecule has 0 aromatic heterocycles. The highest BCUT2D eigenvalue weighted by Gasteiger charge is 2.29. The lowest BCUT2D eigenvalue weighted by Crippen LogP contribution is -2.45. The monoisotopic (exact) mass is 332 g/mol. The third-order valence-electron chi connectivity index (χ3n) is 3.81. The van der Waals surface area contributed by atoms with Crippen LogP contribution in [0.3, 0.4) is 0 Å². The molecule has 24 heavy (non-hydrogen) atoms. The minimum atomic E-state index is -1.17. The van der Waals surface area contributed by atoms with Crippen LogP contribution >= 0.6 is 0 Å². The number of nitrogens with zero attached hydrogens (tertiary/aromatic N) is 1. The molecular formula is C17H20N2O5. The number of carbonyl (C=O) groups excluding carboxylic acids is 2. The highest BCUT2D eigenvalue weighted by Crippen LogP contribution is 2.32. The topological polar surface area (TPSA) is 95.9 Å². The number of carboxylic acids is 1. The highest BCUT2D eigenvalue weighted by atomic mass is 16.5. The van der Waals surface area contributed by atoms with Gasteiger partial charge in [0.05, 0.1) is 19.1 Å². The maximum Gasteiger partial charge on any atom is 0.328 e. The summed E-state index contributed by atoms with van der Waals surface area (Å²) in [5, 5.41) is 11.5. The Morgan fingerprint density at radius 1 is 1.33 bits per heavy atom. The minimum Gasteiger partial charge on any atom is -0.480 e. The third kappa shape index (κ3) is 3.99. The first-order valence-electron chi connectivity index (χ1n) is 7.51. The largest absolute Gasteiger partial charge is 0.480 e. The number of hydrogen-bond donors (Lipinski definition) is 2. The Labute approximate surface area is 139 Å². The molecule has 2 unspecified atom stereocenters. The van der Waals surface area contributed by atoms with Gasteiger partial charge >= 0.3 is 5.97 Å². The molecule has 2 atom stereocenters. The zero-order valence-electron chi connectivity index (χ0n) is 13.6. The van der Waals surface area contributed by atoms with E-state index in [0.717, 1.165) is 11.1 Å². The molecule has 0 aliphatic carbocycles. The standard InChI is InChI=1S/C17H20N2O5/c1-11(20)19-8-7-12-5-3-4-6-13(12)15(19)9-16(21)18-14(10-24-2)17(22)23/h3-8,14-15H,9-10H2,1-2H3,(H,18,21)(H,22,23). The zero-order chi connectivity index (χ0) is 17.7. The fourth-order valence-electron chi connectivity index (χ4n) is 2.68. The predicted molar refractivity (Wildman–Crippen MR) is 86.8 cm³/mol. The van der Waals surface area contributed by atoms with Gasteiger partial charge in [0.1, 0.15) is 0 Å². The predicted octanol–water partition coefficient (Wildman–Crippen LogP) is 1.17. The molecule has 0 radical (unpaired) electrons. The number of hydrogen-bond acceptors (Lipinski definition) is 4. The van der Waals surface area contributed by atoms with E-state index in [1.54, 1.807) is 6.20 Å². The molecule has 7 nitrogen and oxygen atoms in total. The Morgan fingerprint density at radius 2 is 2.04 bits per heavy atom. The average Bonchev–Trinajstić information content (AvgIpc) is 2.54. The van der Waals surface area contributed by atoms with Crippen LogP contribution in [0.5, 0.6) is 0 Å². The van der Waals surface area contributed by atoms with Crippen LogP contribution in [0.4, 0.5) is 0 Å². The van der Waals surface area contributed by atoms with Gasteiger partial charge in [-0.15, -0.1) is 0 Å². The van der Waals surface area contributed by atoms with Gasteiger partial charge < -0.3 is 20.1 Å². The fraction of sp³-hybridized carbons (Fsp3) is 0.353. The van der Waals surface area contributed by atoms with Gasteiger partial charge in [0, 0.05) is 20.2 Å². The molecule has 1 aromatic rings. The third-order valence-corrected chi connectivity index (χ3v) is 3.81. The summed E-state index contributed by atoms with van der Waals surface area (Å²) < 4.78 is 4.80. The summed E-state index contributed by atoms with van der Waals surface area (Å²) in [6.45, 7) is 1.30. The molecule has 1 aliphatic heterocycles. The van der Waals surface area contributed by atoms with E-state index in [1.807, 2.05) is 30.3 Å². The Bertz CT molecular complexity index is 671. The number of nitrogens with one attached hydrogen (secondary N) is 1. The second kappa shape index (κ2) is 7.74. The summed E-state index contributed by atoms with van der Waals surface area (Å²) in [6.07, 6.45) is 3.43. The Balaban J connectivity index is 2.18. The summed E-state index contributed by atoms with van der Waals surface area (Å²) in [5.41, 5.74) is 1.78. The van der Waals surface area contributed by atoms with Crippen LogP contribution in [0, 0.1) is 0 Å². The molecule has 7 heteroatoms. The van der Waals surface area contributed by atoms with Crippen molar-refractivity contribution in [2.75, 3.05) is 13.7 Å². The Morgan fingerprint density at radius 3 is 2.67 bits per heavy atom.